The molecule has 0 spiro atoms. The smallest absolute Gasteiger partial charge is 0.159 e. The number of allylic oxidation sites excluding steroid dienone is 1. The number of carbonyl (C=O) groups is 1. The van der Waals surface area contributed by atoms with Gasteiger partial charge in [0.05, 0.1) is 115 Å². The first-order chi connectivity index (χ1) is 63.0. The number of likely N-dealkylation sites (N-methyl/N-ethyl adjacent to an activating group) is 1. The number of alkyl halides is 3. The summed E-state index contributed by atoms with van der Waals surface area (Å²) in [6.45, 7) is 5.90. The zero-order valence-electron chi connectivity index (χ0n) is 70.5. The van der Waals surface area contributed by atoms with Gasteiger partial charge in [-0.25, -0.2) is 35.1 Å². The Labute approximate surface area is 793 Å². The van der Waals surface area contributed by atoms with Crippen molar-refractivity contribution in [2.24, 2.45) is 0 Å². The van der Waals surface area contributed by atoms with Crippen LogP contribution in [0, 0.1) is 113 Å². The molecule has 0 bridgehead atoms. The molecule has 37 heteroatoms. The van der Waals surface area contributed by atoms with Crippen LogP contribution in [0.25, 0.3) is 54.5 Å². The molecule has 0 atom stereocenters. The van der Waals surface area contributed by atoms with E-state index in [0.29, 0.717) is 152 Å². The summed E-state index contributed by atoms with van der Waals surface area (Å²) in [6, 6.07) is 48.7. The number of hydrogen-bond acceptors (Lipinski definition) is 22. The third-order valence-corrected chi connectivity index (χ3v) is 20.9. The number of anilines is 11. The normalized spacial score (nSPS) is 10.5. The highest BCUT2D eigenvalue weighted by Crippen LogP contribution is 2.41. The average Bonchev–Trinajstić information content (AvgIpc) is 0.796. The predicted molar refractivity (Wildman–Crippen MR) is 511 cm³/mol. The first kappa shape index (κ1) is 102. The molecule has 15 aromatic rings. The number of aromatic nitrogens is 5. The van der Waals surface area contributed by atoms with Crippen molar-refractivity contribution in [2.75, 3.05) is 85.8 Å². The summed E-state index contributed by atoms with van der Waals surface area (Å²) in [7, 11) is 1.77. The number of nitrogens with one attached hydrogen (secondary N) is 6. The van der Waals surface area contributed by atoms with Gasteiger partial charge in [0.25, 0.3) is 0 Å². The second-order valence-corrected chi connectivity index (χ2v) is 30.4. The summed E-state index contributed by atoms with van der Waals surface area (Å²) >= 11 is 29.1. The van der Waals surface area contributed by atoms with E-state index in [1.54, 1.807) is 62.5 Å². The molecule has 9 N–H and O–H groups in total. The number of fused-ring (bicyclic) bond motifs is 5. The molecule has 678 valence electrons. The van der Waals surface area contributed by atoms with E-state index < -0.39 is 49.1 Å². The minimum absolute atomic E-state index is 0. The Morgan fingerprint density at radius 1 is 0.398 bits per heavy atom. The maximum absolute atomic E-state index is 13.6. The van der Waals surface area contributed by atoms with Crippen molar-refractivity contribution in [3.8, 4) is 53.3 Å². The predicted octanol–water partition coefficient (Wildman–Crippen LogP) is 25.5. The number of carbonyl (C=O) groups excluding carboxylic acids is 1. The van der Waals surface area contributed by atoms with Gasteiger partial charge in [-0.15, -0.1) is 24.8 Å². The van der Waals surface area contributed by atoms with Crippen molar-refractivity contribution in [1.82, 2.24) is 30.2 Å². The summed E-state index contributed by atoms with van der Waals surface area (Å²) in [6.07, 6.45) is 10.3. The molecular formula is C96H74Cl7F8N17O5. The lowest BCUT2D eigenvalue weighted by Gasteiger charge is -2.15. The van der Waals surface area contributed by atoms with Crippen molar-refractivity contribution in [3.63, 3.8) is 0 Å². The van der Waals surface area contributed by atoms with Crippen LogP contribution in [0.5, 0.6) is 23.0 Å². The van der Waals surface area contributed by atoms with Crippen LogP contribution < -0.4 is 51.8 Å². The second-order valence-electron chi connectivity index (χ2n) is 28.4. The SMILES string of the molecule is CNC/C=C/C(=O)Cc1cc2c(Nc3ccc(F)c(Cl)c3)c(C#N)cnc2cc1OCCF.Cc1cc2c(Nc3ccc(F)c(Cl)c3)c(C#N)cnc2cc1O.Cc1cc2c(Nc3ccc(F)c(Cl)c3)c(C#N)cnc2cc1OCCF.Cc1cc2ncc(C#N)c(Nc3ccc(F)c(Cl)c3)c2cc1C.Cl.Cl.N#Cc1cnc2cc(OCCF)c(N)cc2c1Nc1ccc(F)c(Cl)c1. The Kier molecular flexibility index (Phi) is 36.8. The van der Waals surface area contributed by atoms with Gasteiger partial charge < -0.3 is 57.0 Å². The molecule has 0 aliphatic heterocycles. The molecule has 0 fully saturated rings. The summed E-state index contributed by atoms with van der Waals surface area (Å²) in [5, 5.41) is 78.5. The van der Waals surface area contributed by atoms with Gasteiger partial charge in [0.15, 0.2) is 5.78 Å². The van der Waals surface area contributed by atoms with Crippen LogP contribution in [0.15, 0.2) is 195 Å². The number of ketones is 1. The first-order valence-electron chi connectivity index (χ1n) is 39.2. The number of aromatic hydroxyl groups is 1. The zero-order chi connectivity index (χ0) is 94.3. The molecule has 0 unspecified atom stereocenters. The number of benzene rings is 10. The number of nitriles is 5. The van der Waals surface area contributed by atoms with Crippen molar-refractivity contribution in [2.45, 2.75) is 34.1 Å². The Morgan fingerprint density at radius 3 is 1.02 bits per heavy atom. The molecule has 5 aromatic heterocycles. The number of nitrogens with two attached hydrogens (primary N) is 1. The Bertz CT molecular complexity index is 6840. The molecule has 0 radical (unpaired) electrons. The number of rotatable bonds is 24. The summed E-state index contributed by atoms with van der Waals surface area (Å²) < 4.78 is 120. The van der Waals surface area contributed by atoms with E-state index in [1.165, 1.54) is 128 Å². The average molecular weight is 1950 g/mol. The van der Waals surface area contributed by atoms with E-state index in [-0.39, 0.29) is 105 Å². The Balaban J connectivity index is 0.000000187. The van der Waals surface area contributed by atoms with Crippen LogP contribution in [-0.2, 0) is 11.2 Å². The van der Waals surface area contributed by atoms with E-state index in [4.69, 9.17) is 77.9 Å². The third-order valence-electron chi connectivity index (χ3n) is 19.4. The number of phenolic OH excluding ortho intramolecular Hbond substituents is 1. The number of nitrogen functional groups attached to an aromatic ring is 1. The highest BCUT2D eigenvalue weighted by Gasteiger charge is 2.22. The monoisotopic (exact) mass is 1940 g/mol. The number of hydrogen-bond donors (Lipinski definition) is 8. The second kappa shape index (κ2) is 47.9. The van der Waals surface area contributed by atoms with Crippen molar-refractivity contribution in [1.29, 1.82) is 26.3 Å². The molecule has 5 heterocycles. The van der Waals surface area contributed by atoms with Crippen LogP contribution >= 0.6 is 82.8 Å². The van der Waals surface area contributed by atoms with Gasteiger partial charge in [0, 0.05) is 129 Å². The Hall–Kier alpha value is -14.5. The molecule has 10 aromatic carbocycles. The number of ether oxygens (including phenoxy) is 3. The van der Waals surface area contributed by atoms with Gasteiger partial charge >= 0.3 is 0 Å². The number of phenols is 1. The van der Waals surface area contributed by atoms with E-state index in [1.807, 2.05) is 45.0 Å². The minimum Gasteiger partial charge on any atom is -0.508 e. The van der Waals surface area contributed by atoms with Gasteiger partial charge in [-0.2, -0.15) is 26.3 Å². The lowest BCUT2D eigenvalue weighted by molar-refractivity contribution is -0.114. The zero-order valence-corrected chi connectivity index (χ0v) is 75.9. The van der Waals surface area contributed by atoms with Gasteiger partial charge in [-0.3, -0.25) is 29.7 Å². The topological polar surface area (TPSA) is 347 Å². The van der Waals surface area contributed by atoms with E-state index in [0.717, 1.165) is 27.6 Å². The lowest BCUT2D eigenvalue weighted by Crippen LogP contribution is -2.08. The van der Waals surface area contributed by atoms with Crippen LogP contribution in [0.1, 0.15) is 55.6 Å². The molecular weight excluding hydrogens is 1870 g/mol. The van der Waals surface area contributed by atoms with Crippen molar-refractivity contribution in [3.05, 3.63) is 305 Å². The molecule has 0 aliphatic rings. The third kappa shape index (κ3) is 25.8. The lowest BCUT2D eigenvalue weighted by atomic mass is 10.0. The van der Waals surface area contributed by atoms with Crippen LogP contribution in [0.4, 0.5) is 97.7 Å². The van der Waals surface area contributed by atoms with Crippen molar-refractivity contribution >= 4 is 206 Å². The Morgan fingerprint density at radius 2 is 0.684 bits per heavy atom. The van der Waals surface area contributed by atoms with Crippen molar-refractivity contribution < 1.29 is 59.2 Å². The standard InChI is InChI=1S/C24H21ClF2N4O2.C19H14ClF2N3O.C18H13ClF2N4O.C18H13ClFN3.C17H11ClFN3O.2ClH/c1-29-7-2-3-18(32)9-15-10-19-22(12-23(15)33-8-6-26)30-14-16(13-28)24(19)31-17-4-5-21(27)20(25)11-17;1-11-6-14-17(8-18(11)26-5-4-21)24-10-12(9-23)19(14)25-13-2-3-16(22)15(20)7-13;19-13-5-11(1-2-14(13)21)25-18-10(8-22)9-24-16-7-17(26-4-3-20)15(23)6-12(16)18;1-10-5-14-17(6-11(10)2)22-9-12(8-21)18(14)23-13-3-4-16(20)15(19)7-13;1-9-4-12-15(6-16(9)23)21-8-10(7-20)17(12)22-11-2-3-14(19)13(18)5-11;;/h2-5,10-12,14,29H,6-9H2,1H3,(H,30,31);2-3,6-8,10H,4-5H2,1H3,(H,24,25);1-2,5-7,9H,3-4,23H2,(H,24,25);3-7,9H,1-2H3,(H,22,23);2-6,8,23H,1H3,(H,21,22);2*1H/b3-2+;;;;;;. The fourth-order valence-corrected chi connectivity index (χ4v) is 13.8. The highest BCUT2D eigenvalue weighted by atomic mass is 35.5. The number of halogens is 15. The van der Waals surface area contributed by atoms with Crippen LogP contribution in [0.2, 0.25) is 25.1 Å². The first-order valence-corrected chi connectivity index (χ1v) is 41.1. The molecule has 0 saturated heterocycles. The molecule has 0 amide bonds. The number of aryl methyl sites for hydroxylation is 4. The largest absolute Gasteiger partial charge is 0.508 e. The number of pyridine rings is 5. The fraction of sp³-hybridized carbons (Fsp3) is 0.135. The fourth-order valence-electron chi connectivity index (χ4n) is 12.9. The molecule has 0 saturated carbocycles. The van der Waals surface area contributed by atoms with Gasteiger partial charge in [-0.1, -0.05) is 64.1 Å². The van der Waals surface area contributed by atoms with E-state index in [2.05, 4.69) is 81.1 Å². The van der Waals surface area contributed by atoms with Gasteiger partial charge in [0.2, 0.25) is 0 Å². The maximum atomic E-state index is 13.6. The molecule has 22 nitrogen and oxygen atoms in total. The molecule has 133 heavy (non-hydrogen) atoms. The van der Waals surface area contributed by atoms with Gasteiger partial charge in [0.1, 0.15) is 122 Å². The summed E-state index contributed by atoms with van der Waals surface area (Å²) in [4.78, 5) is 33.8. The van der Waals surface area contributed by atoms with Gasteiger partial charge in [-0.05, 0) is 190 Å². The molecule has 0 aliphatic carbocycles. The molecule has 15 rings (SSSR count). The number of nitrogens with zero attached hydrogens (tertiary/aromatic N) is 10. The quantitative estimate of drug-likeness (QED) is 0.0158. The van der Waals surface area contributed by atoms with E-state index in [9.17, 15) is 71.3 Å². The maximum Gasteiger partial charge on any atom is 0.159 e. The summed E-state index contributed by atoms with van der Waals surface area (Å²) in [5.41, 5.74) is 20.2. The van der Waals surface area contributed by atoms with Crippen LogP contribution in [-0.4, -0.2) is 89.2 Å². The summed E-state index contributed by atoms with van der Waals surface area (Å²) in [5.74, 6) is -1.50. The highest BCUT2D eigenvalue weighted by molar-refractivity contribution is 6.32. The van der Waals surface area contributed by atoms with E-state index >= 15 is 0 Å². The minimum atomic E-state index is -0.688. The van der Waals surface area contributed by atoms with Crippen LogP contribution in [0.3, 0.4) is 0 Å².